The Balaban J connectivity index is 1.95. The Morgan fingerprint density at radius 1 is 1.32 bits per heavy atom. The van der Waals surface area contributed by atoms with Gasteiger partial charge < -0.3 is 9.84 Å². The van der Waals surface area contributed by atoms with Crippen LogP contribution in [0.4, 0.5) is 0 Å². The second-order valence-corrected chi connectivity index (χ2v) is 7.48. The maximum Gasteiger partial charge on any atom is 0.279 e. The Hall–Kier alpha value is -1.15. The van der Waals surface area contributed by atoms with E-state index >= 15 is 0 Å². The van der Waals surface area contributed by atoms with Gasteiger partial charge in [0, 0.05) is 19.6 Å². The highest BCUT2D eigenvalue weighted by Gasteiger charge is 2.26. The Bertz CT molecular complexity index is 568. The summed E-state index contributed by atoms with van der Waals surface area (Å²) < 4.78 is 33.4. The summed E-state index contributed by atoms with van der Waals surface area (Å²) in [5, 5.41) is 10.2. The summed E-state index contributed by atoms with van der Waals surface area (Å²) in [6.07, 6.45) is 3.01. The Morgan fingerprint density at radius 2 is 1.91 bits per heavy atom. The molecule has 0 aliphatic heterocycles. The van der Waals surface area contributed by atoms with Gasteiger partial charge in [-0.2, -0.15) is 17.4 Å². The van der Waals surface area contributed by atoms with Crippen molar-refractivity contribution in [3.8, 4) is 5.75 Å². The van der Waals surface area contributed by atoms with Crippen molar-refractivity contribution in [1.82, 2.24) is 9.03 Å². The zero-order valence-corrected chi connectivity index (χ0v) is 13.8. The summed E-state index contributed by atoms with van der Waals surface area (Å²) in [5.41, 5.74) is 0.656. The molecular formula is C15H24N2O4S. The summed E-state index contributed by atoms with van der Waals surface area (Å²) in [6.45, 7) is 0.00832. The molecule has 1 aliphatic carbocycles. The van der Waals surface area contributed by atoms with Gasteiger partial charge in [-0.3, -0.25) is 0 Å². The number of nitrogens with one attached hydrogen (secondary N) is 1. The van der Waals surface area contributed by atoms with E-state index in [9.17, 15) is 13.5 Å². The van der Waals surface area contributed by atoms with Crippen LogP contribution < -0.4 is 9.46 Å². The van der Waals surface area contributed by atoms with Crippen LogP contribution in [0.15, 0.2) is 24.3 Å². The zero-order chi connectivity index (χ0) is 16.2. The molecule has 6 nitrogen and oxygen atoms in total. The van der Waals surface area contributed by atoms with E-state index in [1.807, 2.05) is 0 Å². The molecule has 1 aromatic carbocycles. The molecule has 7 heteroatoms. The van der Waals surface area contributed by atoms with E-state index in [0.717, 1.165) is 25.7 Å². The van der Waals surface area contributed by atoms with Crippen LogP contribution >= 0.6 is 0 Å². The van der Waals surface area contributed by atoms with E-state index in [-0.39, 0.29) is 12.6 Å². The van der Waals surface area contributed by atoms with Gasteiger partial charge in [0.2, 0.25) is 0 Å². The summed E-state index contributed by atoms with van der Waals surface area (Å²) >= 11 is 0. The van der Waals surface area contributed by atoms with Crippen molar-refractivity contribution < 1.29 is 18.3 Å². The van der Waals surface area contributed by atoms with Gasteiger partial charge >= 0.3 is 0 Å². The van der Waals surface area contributed by atoms with E-state index in [1.165, 1.54) is 11.4 Å². The molecule has 0 spiro atoms. The van der Waals surface area contributed by atoms with Crippen molar-refractivity contribution in [2.45, 2.75) is 37.8 Å². The molecule has 0 amide bonds. The van der Waals surface area contributed by atoms with Crippen LogP contribution in [0.5, 0.6) is 5.75 Å². The molecule has 2 rings (SSSR count). The van der Waals surface area contributed by atoms with Crippen LogP contribution in [0, 0.1) is 0 Å². The molecule has 0 saturated heterocycles. The minimum atomic E-state index is -3.56. The first-order valence-corrected chi connectivity index (χ1v) is 8.92. The van der Waals surface area contributed by atoms with Crippen LogP contribution in [0.3, 0.4) is 0 Å². The van der Waals surface area contributed by atoms with Gasteiger partial charge in [0.15, 0.2) is 0 Å². The van der Waals surface area contributed by atoms with Gasteiger partial charge in [-0.25, -0.2) is 0 Å². The lowest BCUT2D eigenvalue weighted by atomic mass is 10.1. The Labute approximate surface area is 132 Å². The number of likely N-dealkylation sites (N-methyl/N-ethyl adjacent to an activating group) is 1. The topological polar surface area (TPSA) is 78.9 Å². The molecule has 124 valence electrons. The first-order valence-electron chi connectivity index (χ1n) is 7.48. The first-order chi connectivity index (χ1) is 10.4. The van der Waals surface area contributed by atoms with Crippen molar-refractivity contribution in [2.24, 2.45) is 0 Å². The molecule has 1 fully saturated rings. The van der Waals surface area contributed by atoms with Crippen LogP contribution in [0.25, 0.3) is 0 Å². The molecule has 1 saturated carbocycles. The van der Waals surface area contributed by atoms with E-state index in [2.05, 4.69) is 4.72 Å². The van der Waals surface area contributed by atoms with E-state index in [0.29, 0.717) is 11.3 Å². The highest BCUT2D eigenvalue weighted by molar-refractivity contribution is 7.87. The standard InChI is InChI=1S/C15H24N2O4S/c1-17(22(19,20)16-13-5-3-4-6-13)11-15(18)12-7-9-14(21-2)10-8-12/h7-10,13,15-16,18H,3-6,11H2,1-2H3. The molecule has 0 radical (unpaired) electrons. The molecule has 0 bridgehead atoms. The van der Waals surface area contributed by atoms with Gasteiger partial charge in [0.05, 0.1) is 13.2 Å². The number of hydrogen-bond acceptors (Lipinski definition) is 4. The SMILES string of the molecule is COc1ccc(C(O)CN(C)S(=O)(=O)NC2CCCC2)cc1. The second kappa shape index (κ2) is 7.41. The third-order valence-electron chi connectivity index (χ3n) is 4.01. The maximum absolute atomic E-state index is 12.2. The first kappa shape index (κ1) is 17.2. The van der Waals surface area contributed by atoms with Crippen molar-refractivity contribution in [2.75, 3.05) is 20.7 Å². The predicted molar refractivity (Wildman–Crippen MR) is 84.9 cm³/mol. The second-order valence-electron chi connectivity index (χ2n) is 5.67. The van der Waals surface area contributed by atoms with Crippen LogP contribution in [-0.2, 0) is 10.2 Å². The van der Waals surface area contributed by atoms with E-state index in [1.54, 1.807) is 31.4 Å². The number of rotatable bonds is 7. The minimum absolute atomic E-state index is 0.00832. The fourth-order valence-corrected chi connectivity index (χ4v) is 3.79. The monoisotopic (exact) mass is 328 g/mol. The number of ether oxygens (including phenoxy) is 1. The number of nitrogens with zero attached hydrogens (tertiary/aromatic N) is 1. The van der Waals surface area contributed by atoms with Gasteiger partial charge in [-0.05, 0) is 30.5 Å². The van der Waals surface area contributed by atoms with Gasteiger partial charge in [0.1, 0.15) is 5.75 Å². The van der Waals surface area contributed by atoms with Crippen molar-refractivity contribution in [3.05, 3.63) is 29.8 Å². The quantitative estimate of drug-likeness (QED) is 0.794. The van der Waals surface area contributed by atoms with Crippen LogP contribution in [-0.4, -0.2) is 44.6 Å². The molecule has 22 heavy (non-hydrogen) atoms. The summed E-state index contributed by atoms with van der Waals surface area (Å²) in [6, 6.07) is 6.96. The van der Waals surface area contributed by atoms with E-state index in [4.69, 9.17) is 4.74 Å². The fourth-order valence-electron chi connectivity index (χ4n) is 2.62. The lowest BCUT2D eigenvalue weighted by Gasteiger charge is -2.23. The van der Waals surface area contributed by atoms with Crippen LogP contribution in [0.1, 0.15) is 37.4 Å². The number of benzene rings is 1. The summed E-state index contributed by atoms with van der Waals surface area (Å²) in [7, 11) is -0.515. The normalized spacial score (nSPS) is 17.8. The molecule has 0 aromatic heterocycles. The minimum Gasteiger partial charge on any atom is -0.497 e. The highest BCUT2D eigenvalue weighted by Crippen LogP contribution is 2.21. The summed E-state index contributed by atoms with van der Waals surface area (Å²) in [4.78, 5) is 0. The Morgan fingerprint density at radius 3 is 2.45 bits per heavy atom. The third kappa shape index (κ3) is 4.42. The largest absolute Gasteiger partial charge is 0.497 e. The highest BCUT2D eigenvalue weighted by atomic mass is 32.2. The summed E-state index contributed by atoms with van der Waals surface area (Å²) in [5.74, 6) is 0.694. The molecule has 2 N–H and O–H groups in total. The average Bonchev–Trinajstić information content (AvgIpc) is 2.99. The number of aliphatic hydroxyl groups excluding tert-OH is 1. The Kier molecular flexibility index (Phi) is 5.80. The van der Waals surface area contributed by atoms with Gasteiger partial charge in [-0.1, -0.05) is 25.0 Å². The molecule has 1 aromatic rings. The maximum atomic E-state index is 12.2. The molecular weight excluding hydrogens is 304 g/mol. The number of methoxy groups -OCH3 is 1. The lowest BCUT2D eigenvalue weighted by Crippen LogP contribution is -2.44. The number of hydrogen-bond donors (Lipinski definition) is 2. The molecule has 0 heterocycles. The predicted octanol–water partition coefficient (Wildman–Crippen LogP) is 1.44. The number of aliphatic hydroxyl groups is 1. The molecule has 1 unspecified atom stereocenters. The third-order valence-corrected chi connectivity index (χ3v) is 5.61. The van der Waals surface area contributed by atoms with Crippen molar-refractivity contribution >= 4 is 10.2 Å². The van der Waals surface area contributed by atoms with Gasteiger partial charge in [-0.15, -0.1) is 0 Å². The smallest absolute Gasteiger partial charge is 0.279 e. The van der Waals surface area contributed by atoms with Gasteiger partial charge in [0.25, 0.3) is 10.2 Å². The zero-order valence-electron chi connectivity index (χ0n) is 13.0. The molecule has 1 aliphatic rings. The van der Waals surface area contributed by atoms with Crippen molar-refractivity contribution in [3.63, 3.8) is 0 Å². The van der Waals surface area contributed by atoms with E-state index < -0.39 is 16.3 Å². The lowest BCUT2D eigenvalue weighted by molar-refractivity contribution is 0.154. The fraction of sp³-hybridized carbons (Fsp3) is 0.600. The van der Waals surface area contributed by atoms with Crippen molar-refractivity contribution in [1.29, 1.82) is 0 Å². The molecule has 1 atom stereocenters. The van der Waals surface area contributed by atoms with Crippen LogP contribution in [0.2, 0.25) is 0 Å². The average molecular weight is 328 g/mol.